The maximum atomic E-state index is 3.57. The molecule has 0 aromatic carbocycles. The fourth-order valence-electron chi connectivity index (χ4n) is 6.57. The summed E-state index contributed by atoms with van der Waals surface area (Å²) in [5, 5.41) is 0. The van der Waals surface area contributed by atoms with Crippen LogP contribution >= 0.6 is 23.5 Å². The molecule has 0 saturated carbocycles. The number of rotatable bonds is 12. The third kappa shape index (κ3) is 10.3. The first kappa shape index (κ1) is 46.7. The number of halogens is 2. The molecule has 4 aliphatic carbocycles. The van der Waals surface area contributed by atoms with Crippen LogP contribution in [0, 0.1) is 23.0 Å². The van der Waals surface area contributed by atoms with Crippen LogP contribution in [0.4, 0.5) is 0 Å². The minimum Gasteiger partial charge on any atom is -1.00 e. The molecule has 4 rings (SSSR count). The molecule has 0 aliphatic heterocycles. The predicted octanol–water partition coefficient (Wildman–Crippen LogP) is 5.76. The molecule has 0 fully saturated rings. The average molecular weight is 742 g/mol. The molecule has 0 radical (unpaired) electrons. The van der Waals surface area contributed by atoms with E-state index in [1.807, 2.05) is 0 Å². The van der Waals surface area contributed by atoms with Gasteiger partial charge in [0.1, 0.15) is 0 Å². The van der Waals surface area contributed by atoms with E-state index in [0.29, 0.717) is 0 Å². The standard InChI is InChI=1S/2C19H27S.2ClH.2Ti/c2*1-5-6-15-20-19(14-10-9-11-16(19)2)18(3,4)17-12-7-8-13-17;;;;/h2*7,9-12H,5-6,8,14-15H2,1-4H3;2*1H;;/q2*-1;;;2*+2/p-2. The zero-order valence-corrected chi connectivity index (χ0v) is 34.7. The van der Waals surface area contributed by atoms with E-state index in [2.05, 4.69) is 152 Å². The van der Waals surface area contributed by atoms with Gasteiger partial charge >= 0.3 is 43.4 Å². The van der Waals surface area contributed by atoms with E-state index in [-0.39, 0.29) is 88.6 Å². The number of unbranched alkanes of at least 4 members (excludes halogenated alkanes) is 2. The Bertz CT molecular complexity index is 1040. The van der Waals surface area contributed by atoms with Crippen LogP contribution in [0.5, 0.6) is 0 Å². The first-order chi connectivity index (χ1) is 19.1. The monoisotopic (exact) mass is 740 g/mol. The molecule has 0 N–H and O–H groups in total. The Labute approximate surface area is 322 Å². The summed E-state index contributed by atoms with van der Waals surface area (Å²) >= 11 is 4.31. The first-order valence-corrected chi connectivity index (χ1v) is 17.6. The average Bonchev–Trinajstić information content (AvgIpc) is 3.67. The molecule has 0 heterocycles. The third-order valence-corrected chi connectivity index (χ3v) is 13.5. The van der Waals surface area contributed by atoms with Crippen molar-refractivity contribution in [3.8, 4) is 0 Å². The summed E-state index contributed by atoms with van der Waals surface area (Å²) in [5.41, 5.74) is 6.07. The van der Waals surface area contributed by atoms with Gasteiger partial charge in [-0.05, 0) is 61.9 Å². The minimum absolute atomic E-state index is 0. The van der Waals surface area contributed by atoms with Crippen molar-refractivity contribution in [3.05, 3.63) is 95.2 Å². The summed E-state index contributed by atoms with van der Waals surface area (Å²) in [5.74, 6) is 2.49. The molecule has 0 amide bonds. The van der Waals surface area contributed by atoms with Crippen molar-refractivity contribution in [1.82, 2.24) is 0 Å². The summed E-state index contributed by atoms with van der Waals surface area (Å²) in [6.45, 7) is 18.8. The van der Waals surface area contributed by atoms with Crippen LogP contribution in [0.25, 0.3) is 0 Å². The van der Waals surface area contributed by atoms with Crippen LogP contribution in [0.3, 0.4) is 0 Å². The Morgan fingerprint density at radius 1 is 0.659 bits per heavy atom. The molecule has 2 unspecified atom stereocenters. The van der Waals surface area contributed by atoms with Crippen LogP contribution in [0.15, 0.2) is 83.1 Å². The van der Waals surface area contributed by atoms with Crippen molar-refractivity contribution >= 4 is 23.5 Å². The van der Waals surface area contributed by atoms with E-state index in [0.717, 1.165) is 25.7 Å². The van der Waals surface area contributed by atoms with Gasteiger partial charge in [0.15, 0.2) is 0 Å². The summed E-state index contributed by atoms with van der Waals surface area (Å²) in [7, 11) is 0. The van der Waals surface area contributed by atoms with Crippen LogP contribution in [0.2, 0.25) is 0 Å². The van der Waals surface area contributed by atoms with Gasteiger partial charge in [0.05, 0.1) is 0 Å². The van der Waals surface area contributed by atoms with Gasteiger partial charge in [0.25, 0.3) is 0 Å². The molecule has 0 aromatic rings. The summed E-state index contributed by atoms with van der Waals surface area (Å²) in [4.78, 5) is 0. The van der Waals surface area contributed by atoms with Crippen molar-refractivity contribution < 1.29 is 68.2 Å². The maximum Gasteiger partial charge on any atom is 2.00 e. The van der Waals surface area contributed by atoms with Crippen LogP contribution < -0.4 is 24.8 Å². The van der Waals surface area contributed by atoms with Crippen LogP contribution in [-0.4, -0.2) is 21.0 Å². The van der Waals surface area contributed by atoms with Crippen molar-refractivity contribution in [2.24, 2.45) is 10.8 Å². The normalized spacial score (nSPS) is 23.5. The molecule has 6 heteroatoms. The number of allylic oxidation sites excluding steroid dienone is 14. The molecule has 240 valence electrons. The SMILES string of the molecule is CCCCSC1(C(C)(C)C2=[C-]CC=C2)CC=CC=C1C.CCCCSC1(C(C)(C)C2=[C-]CC=C2)CC=CC=C1C.[Cl-].[Cl-].[Ti+2].[Ti+2]. The molecule has 0 bridgehead atoms. The quantitative estimate of drug-likeness (QED) is 0.142. The number of hydrogen-bond donors (Lipinski definition) is 0. The van der Waals surface area contributed by atoms with E-state index in [1.54, 1.807) is 0 Å². The molecule has 44 heavy (non-hydrogen) atoms. The Morgan fingerprint density at radius 3 is 1.30 bits per heavy atom. The van der Waals surface area contributed by atoms with Crippen molar-refractivity contribution in [2.75, 3.05) is 11.5 Å². The molecule has 4 aliphatic rings. The Morgan fingerprint density at radius 2 is 1.02 bits per heavy atom. The first-order valence-electron chi connectivity index (χ1n) is 15.6. The van der Waals surface area contributed by atoms with E-state index in [4.69, 9.17) is 0 Å². The minimum atomic E-state index is 0. The molecule has 2 atom stereocenters. The number of hydrogen-bond acceptors (Lipinski definition) is 2. The maximum absolute atomic E-state index is 3.57. The van der Waals surface area contributed by atoms with Crippen LogP contribution in [-0.2, 0) is 43.4 Å². The smallest absolute Gasteiger partial charge is 1.00 e. The van der Waals surface area contributed by atoms with Gasteiger partial charge in [0, 0.05) is 9.49 Å². The van der Waals surface area contributed by atoms with Crippen molar-refractivity contribution in [3.63, 3.8) is 0 Å². The largest absolute Gasteiger partial charge is 2.00 e. The zero-order valence-electron chi connectivity index (χ0n) is 28.4. The van der Waals surface area contributed by atoms with Gasteiger partial charge in [-0.1, -0.05) is 102 Å². The summed E-state index contributed by atoms with van der Waals surface area (Å²) in [6.07, 6.45) is 39.3. The molecular weight excluding hydrogens is 687 g/mol. The van der Waals surface area contributed by atoms with Gasteiger partial charge < -0.3 is 24.8 Å². The van der Waals surface area contributed by atoms with E-state index < -0.39 is 0 Å². The van der Waals surface area contributed by atoms with Gasteiger partial charge in [-0.25, -0.2) is 23.3 Å². The Kier molecular flexibility index (Phi) is 22.9. The van der Waals surface area contributed by atoms with Gasteiger partial charge in [-0.3, -0.25) is 12.2 Å². The van der Waals surface area contributed by atoms with E-state index in [9.17, 15) is 0 Å². The predicted molar refractivity (Wildman–Crippen MR) is 184 cm³/mol. The molecule has 0 saturated heterocycles. The molecule has 0 spiro atoms. The van der Waals surface area contributed by atoms with E-state index >= 15 is 0 Å². The fourth-order valence-corrected chi connectivity index (χ4v) is 10.1. The second kappa shape index (κ2) is 21.6. The molecule has 0 nitrogen and oxygen atoms in total. The van der Waals surface area contributed by atoms with Crippen molar-refractivity contribution in [1.29, 1.82) is 0 Å². The van der Waals surface area contributed by atoms with Crippen LogP contribution in [0.1, 0.15) is 107 Å². The van der Waals surface area contributed by atoms with E-state index in [1.165, 1.54) is 59.5 Å². The van der Waals surface area contributed by atoms with Gasteiger partial charge in [-0.2, -0.15) is 12.2 Å². The second-order valence-corrected chi connectivity index (χ2v) is 15.5. The zero-order chi connectivity index (χ0) is 29.3. The third-order valence-electron chi connectivity index (χ3n) is 9.50. The summed E-state index contributed by atoms with van der Waals surface area (Å²) in [6, 6.07) is 0. The second-order valence-electron chi connectivity index (χ2n) is 12.7. The van der Waals surface area contributed by atoms with Crippen molar-refractivity contribution in [2.45, 2.75) is 116 Å². The molecule has 0 aromatic heterocycles. The van der Waals surface area contributed by atoms with Gasteiger partial charge in [0.2, 0.25) is 0 Å². The Balaban J connectivity index is 0. The topological polar surface area (TPSA) is 0 Å². The summed E-state index contributed by atoms with van der Waals surface area (Å²) < 4.78 is 0.377. The fraction of sp³-hybridized carbons (Fsp3) is 0.579. The number of thioether (sulfide) groups is 2. The Hall–Kier alpha value is 0.629. The molecular formula is C38H54Cl2S2Ti2. The van der Waals surface area contributed by atoms with Gasteiger partial charge in [-0.15, -0.1) is 36.4 Å².